The molecule has 96 valence electrons. The number of nitrogens with one attached hydrogen (secondary N) is 1. The maximum Gasteiger partial charge on any atom is 0.0914 e. The molecule has 1 unspecified atom stereocenters. The van der Waals surface area contributed by atoms with Crippen LogP contribution in [0.3, 0.4) is 0 Å². The van der Waals surface area contributed by atoms with E-state index in [-0.39, 0.29) is 0 Å². The maximum absolute atomic E-state index is 9.95. The summed E-state index contributed by atoms with van der Waals surface area (Å²) in [5.74, 6) is 0. The Kier molecular flexibility index (Phi) is 6.19. The van der Waals surface area contributed by atoms with Crippen LogP contribution >= 0.6 is 0 Å². The van der Waals surface area contributed by atoms with Crippen molar-refractivity contribution in [3.8, 4) is 0 Å². The van der Waals surface area contributed by atoms with E-state index in [2.05, 4.69) is 19.2 Å². The molecule has 0 aromatic heterocycles. The van der Waals surface area contributed by atoms with Gasteiger partial charge in [-0.1, -0.05) is 38.1 Å². The molecular formula is C14H23NO2. The Morgan fingerprint density at radius 3 is 2.41 bits per heavy atom. The lowest BCUT2D eigenvalue weighted by molar-refractivity contribution is 0.171. The fourth-order valence-corrected chi connectivity index (χ4v) is 1.59. The van der Waals surface area contributed by atoms with Crippen molar-refractivity contribution in [3.05, 3.63) is 35.4 Å². The lowest BCUT2D eigenvalue weighted by Gasteiger charge is -2.14. The molecule has 0 spiro atoms. The molecule has 0 bridgehead atoms. The topological polar surface area (TPSA) is 41.5 Å². The standard InChI is InChI=1S/C14H23NO2/c1-11(2)15-10-14(16)13-6-4-12(5-7-13)8-9-17-3/h4-7,11,14-16H,8-10H2,1-3H3. The molecule has 0 heterocycles. The molecule has 0 saturated carbocycles. The van der Waals surface area contributed by atoms with Gasteiger partial charge < -0.3 is 15.2 Å². The first-order valence-corrected chi connectivity index (χ1v) is 6.12. The second kappa shape index (κ2) is 7.43. The van der Waals surface area contributed by atoms with Crippen LogP contribution in [0.5, 0.6) is 0 Å². The van der Waals surface area contributed by atoms with E-state index in [1.807, 2.05) is 24.3 Å². The molecule has 3 nitrogen and oxygen atoms in total. The second-order valence-corrected chi connectivity index (χ2v) is 4.56. The van der Waals surface area contributed by atoms with Gasteiger partial charge in [0.05, 0.1) is 12.7 Å². The van der Waals surface area contributed by atoms with Crippen molar-refractivity contribution in [2.24, 2.45) is 0 Å². The highest BCUT2D eigenvalue weighted by molar-refractivity contribution is 5.24. The summed E-state index contributed by atoms with van der Waals surface area (Å²) in [6.07, 6.45) is 0.478. The molecule has 1 aromatic rings. The largest absolute Gasteiger partial charge is 0.387 e. The Bertz CT molecular complexity index is 309. The van der Waals surface area contributed by atoms with Crippen LogP contribution in [0.25, 0.3) is 0 Å². The second-order valence-electron chi connectivity index (χ2n) is 4.56. The molecule has 0 aliphatic heterocycles. The smallest absolute Gasteiger partial charge is 0.0914 e. The molecule has 0 fully saturated rings. The number of ether oxygens (including phenoxy) is 1. The number of hydrogen-bond acceptors (Lipinski definition) is 3. The molecule has 1 aromatic carbocycles. The van der Waals surface area contributed by atoms with Crippen LogP contribution in [-0.2, 0) is 11.2 Å². The molecule has 0 amide bonds. The van der Waals surface area contributed by atoms with Crippen LogP contribution in [0.15, 0.2) is 24.3 Å². The first-order chi connectivity index (χ1) is 8.13. The van der Waals surface area contributed by atoms with Gasteiger partial charge in [-0.25, -0.2) is 0 Å². The Morgan fingerprint density at radius 1 is 1.24 bits per heavy atom. The predicted molar refractivity (Wildman–Crippen MR) is 70.1 cm³/mol. The molecule has 0 radical (unpaired) electrons. The van der Waals surface area contributed by atoms with Crippen molar-refractivity contribution in [1.82, 2.24) is 5.32 Å². The molecule has 2 N–H and O–H groups in total. The average Bonchev–Trinajstić information content (AvgIpc) is 2.34. The summed E-state index contributed by atoms with van der Waals surface area (Å²) in [4.78, 5) is 0. The van der Waals surface area contributed by atoms with Crippen molar-refractivity contribution in [3.63, 3.8) is 0 Å². The lowest BCUT2D eigenvalue weighted by atomic mass is 10.1. The quantitative estimate of drug-likeness (QED) is 0.761. The van der Waals surface area contributed by atoms with Gasteiger partial charge in [-0.15, -0.1) is 0 Å². The van der Waals surface area contributed by atoms with Crippen LogP contribution in [0.4, 0.5) is 0 Å². The van der Waals surface area contributed by atoms with Crippen LogP contribution in [-0.4, -0.2) is 31.4 Å². The number of hydrogen-bond donors (Lipinski definition) is 2. The Hall–Kier alpha value is -0.900. The molecule has 3 heteroatoms. The van der Waals surface area contributed by atoms with Crippen molar-refractivity contribution in [2.45, 2.75) is 32.4 Å². The van der Waals surface area contributed by atoms with Gasteiger partial charge in [-0.05, 0) is 17.5 Å². The SMILES string of the molecule is COCCc1ccc(C(O)CNC(C)C)cc1. The zero-order valence-electron chi connectivity index (χ0n) is 10.9. The molecule has 0 saturated heterocycles. The molecular weight excluding hydrogens is 214 g/mol. The monoisotopic (exact) mass is 237 g/mol. The van der Waals surface area contributed by atoms with Gasteiger partial charge in [0.1, 0.15) is 0 Å². The number of aliphatic hydroxyl groups excluding tert-OH is 1. The summed E-state index contributed by atoms with van der Waals surface area (Å²) in [7, 11) is 1.70. The molecule has 17 heavy (non-hydrogen) atoms. The highest BCUT2D eigenvalue weighted by Crippen LogP contribution is 2.13. The lowest BCUT2D eigenvalue weighted by Crippen LogP contribution is -2.27. The van der Waals surface area contributed by atoms with Crippen LogP contribution < -0.4 is 5.32 Å². The van der Waals surface area contributed by atoms with E-state index in [0.29, 0.717) is 12.6 Å². The fourth-order valence-electron chi connectivity index (χ4n) is 1.59. The number of methoxy groups -OCH3 is 1. The Morgan fingerprint density at radius 2 is 1.88 bits per heavy atom. The molecule has 0 aliphatic rings. The van der Waals surface area contributed by atoms with Gasteiger partial charge >= 0.3 is 0 Å². The van der Waals surface area contributed by atoms with Crippen molar-refractivity contribution >= 4 is 0 Å². The maximum atomic E-state index is 9.95. The number of benzene rings is 1. The highest BCUT2D eigenvalue weighted by atomic mass is 16.5. The predicted octanol–water partition coefficient (Wildman–Crippen LogP) is 1.91. The molecule has 0 aliphatic carbocycles. The van der Waals surface area contributed by atoms with Crippen molar-refractivity contribution < 1.29 is 9.84 Å². The van der Waals surface area contributed by atoms with E-state index < -0.39 is 6.10 Å². The zero-order chi connectivity index (χ0) is 12.7. The minimum absolute atomic E-state index is 0.394. The van der Waals surface area contributed by atoms with E-state index in [4.69, 9.17) is 4.74 Å². The summed E-state index contributed by atoms with van der Waals surface area (Å²) in [5.41, 5.74) is 2.19. The minimum Gasteiger partial charge on any atom is -0.387 e. The third-order valence-corrected chi connectivity index (χ3v) is 2.68. The van der Waals surface area contributed by atoms with Crippen LogP contribution in [0.1, 0.15) is 31.1 Å². The first kappa shape index (κ1) is 14.2. The van der Waals surface area contributed by atoms with Gasteiger partial charge in [0.2, 0.25) is 0 Å². The van der Waals surface area contributed by atoms with Crippen LogP contribution in [0, 0.1) is 0 Å². The Labute approximate surface area is 104 Å². The summed E-state index contributed by atoms with van der Waals surface area (Å²) >= 11 is 0. The highest BCUT2D eigenvalue weighted by Gasteiger charge is 2.07. The van der Waals surface area contributed by atoms with E-state index in [1.165, 1.54) is 5.56 Å². The van der Waals surface area contributed by atoms with E-state index in [9.17, 15) is 5.11 Å². The molecule has 1 atom stereocenters. The van der Waals surface area contributed by atoms with Gasteiger partial charge in [0, 0.05) is 19.7 Å². The molecule has 1 rings (SSSR count). The van der Waals surface area contributed by atoms with E-state index in [0.717, 1.165) is 18.6 Å². The number of rotatable bonds is 7. The normalized spacial score (nSPS) is 13.0. The van der Waals surface area contributed by atoms with Crippen LogP contribution in [0.2, 0.25) is 0 Å². The van der Waals surface area contributed by atoms with Gasteiger partial charge in [-0.2, -0.15) is 0 Å². The van der Waals surface area contributed by atoms with Gasteiger partial charge in [0.15, 0.2) is 0 Å². The van der Waals surface area contributed by atoms with Gasteiger partial charge in [-0.3, -0.25) is 0 Å². The fraction of sp³-hybridized carbons (Fsp3) is 0.571. The first-order valence-electron chi connectivity index (χ1n) is 6.12. The summed E-state index contributed by atoms with van der Waals surface area (Å²) in [6.45, 7) is 5.47. The third kappa shape index (κ3) is 5.31. The average molecular weight is 237 g/mol. The third-order valence-electron chi connectivity index (χ3n) is 2.68. The number of aliphatic hydroxyl groups is 1. The van der Waals surface area contributed by atoms with Crippen molar-refractivity contribution in [1.29, 1.82) is 0 Å². The zero-order valence-corrected chi connectivity index (χ0v) is 10.9. The Balaban J connectivity index is 2.48. The summed E-state index contributed by atoms with van der Waals surface area (Å²) in [5, 5.41) is 13.2. The summed E-state index contributed by atoms with van der Waals surface area (Å²) < 4.78 is 5.03. The van der Waals surface area contributed by atoms with Crippen molar-refractivity contribution in [2.75, 3.05) is 20.3 Å². The van der Waals surface area contributed by atoms with E-state index >= 15 is 0 Å². The van der Waals surface area contributed by atoms with E-state index in [1.54, 1.807) is 7.11 Å². The minimum atomic E-state index is -0.436. The van der Waals surface area contributed by atoms with Gasteiger partial charge in [0.25, 0.3) is 0 Å². The summed E-state index contributed by atoms with van der Waals surface area (Å²) in [6, 6.07) is 8.46.